The highest BCUT2D eigenvalue weighted by molar-refractivity contribution is 14.1. The molecule has 4 N–H and O–H groups in total. The lowest BCUT2D eigenvalue weighted by atomic mass is 9.88. The van der Waals surface area contributed by atoms with Crippen LogP contribution >= 0.6 is 22.6 Å². The van der Waals surface area contributed by atoms with Gasteiger partial charge in [-0.3, -0.25) is 4.79 Å². The fourth-order valence-electron chi connectivity index (χ4n) is 1.17. The molecule has 0 aliphatic carbocycles. The molecule has 90 valence electrons. The highest BCUT2D eigenvalue weighted by atomic mass is 127. The standard InChI is InChI=1S/C10H17IN4O/c1-6(2)10(3,4-12)15-8-7(11)9(16)14-5-13-8/h5-6H,4,12H2,1-3H3,(H2,13,14,15,16). The van der Waals surface area contributed by atoms with Crippen molar-refractivity contribution in [2.45, 2.75) is 26.3 Å². The zero-order valence-corrected chi connectivity index (χ0v) is 11.8. The molecule has 0 saturated carbocycles. The van der Waals surface area contributed by atoms with Gasteiger partial charge in [0.1, 0.15) is 9.39 Å². The number of nitrogens with zero attached hydrogens (tertiary/aromatic N) is 1. The van der Waals surface area contributed by atoms with Crippen molar-refractivity contribution in [3.05, 3.63) is 20.3 Å². The predicted octanol–water partition coefficient (Wildman–Crippen LogP) is 1.16. The van der Waals surface area contributed by atoms with Gasteiger partial charge in [0.25, 0.3) is 5.56 Å². The van der Waals surface area contributed by atoms with Gasteiger partial charge in [-0.05, 0) is 35.4 Å². The smallest absolute Gasteiger partial charge is 0.266 e. The lowest BCUT2D eigenvalue weighted by Crippen LogP contribution is -2.47. The number of nitrogens with one attached hydrogen (secondary N) is 2. The number of hydrogen-bond acceptors (Lipinski definition) is 4. The minimum Gasteiger partial charge on any atom is -0.362 e. The van der Waals surface area contributed by atoms with Gasteiger partial charge in [-0.2, -0.15) is 0 Å². The maximum atomic E-state index is 11.4. The minimum absolute atomic E-state index is 0.138. The normalized spacial score (nSPS) is 14.9. The van der Waals surface area contributed by atoms with E-state index in [1.165, 1.54) is 6.33 Å². The Kier molecular flexibility index (Phi) is 4.31. The Bertz CT molecular complexity index is 418. The lowest BCUT2D eigenvalue weighted by molar-refractivity contribution is 0.381. The van der Waals surface area contributed by atoms with Crippen LogP contribution < -0.4 is 16.6 Å². The highest BCUT2D eigenvalue weighted by Gasteiger charge is 2.27. The number of aromatic nitrogens is 2. The van der Waals surface area contributed by atoms with Crippen molar-refractivity contribution >= 4 is 28.4 Å². The molecule has 0 radical (unpaired) electrons. The van der Waals surface area contributed by atoms with Gasteiger partial charge in [-0.25, -0.2) is 4.98 Å². The van der Waals surface area contributed by atoms with Crippen LogP contribution in [0.25, 0.3) is 0 Å². The predicted molar refractivity (Wildman–Crippen MR) is 73.5 cm³/mol. The molecular formula is C10H17IN4O. The first-order valence-electron chi connectivity index (χ1n) is 5.12. The summed E-state index contributed by atoms with van der Waals surface area (Å²) in [4.78, 5) is 18.1. The Labute approximate surface area is 108 Å². The van der Waals surface area contributed by atoms with Crippen molar-refractivity contribution < 1.29 is 0 Å². The molecule has 0 spiro atoms. The summed E-state index contributed by atoms with van der Waals surface area (Å²) in [5.41, 5.74) is 5.36. The summed E-state index contributed by atoms with van der Waals surface area (Å²) in [5.74, 6) is 0.931. The highest BCUT2D eigenvalue weighted by Crippen LogP contribution is 2.22. The van der Waals surface area contributed by atoms with E-state index in [1.54, 1.807) is 0 Å². The number of nitrogens with two attached hydrogens (primary N) is 1. The van der Waals surface area contributed by atoms with E-state index in [0.29, 0.717) is 21.9 Å². The molecule has 1 aromatic heterocycles. The summed E-state index contributed by atoms with van der Waals surface area (Å²) in [5, 5.41) is 3.25. The second kappa shape index (κ2) is 5.13. The maximum Gasteiger partial charge on any atom is 0.266 e. The van der Waals surface area contributed by atoms with E-state index in [0.717, 1.165) is 0 Å². The van der Waals surface area contributed by atoms with Crippen LogP contribution in [0.5, 0.6) is 0 Å². The van der Waals surface area contributed by atoms with Crippen LogP contribution in [0.3, 0.4) is 0 Å². The Hall–Kier alpha value is -0.630. The molecule has 1 rings (SSSR count). The first-order valence-corrected chi connectivity index (χ1v) is 6.20. The Morgan fingerprint density at radius 3 is 2.81 bits per heavy atom. The van der Waals surface area contributed by atoms with Crippen LogP contribution in [0.15, 0.2) is 11.1 Å². The molecule has 1 unspecified atom stereocenters. The van der Waals surface area contributed by atoms with E-state index in [-0.39, 0.29) is 11.1 Å². The molecular weight excluding hydrogens is 319 g/mol. The first kappa shape index (κ1) is 13.4. The molecule has 0 aliphatic rings. The zero-order valence-electron chi connectivity index (χ0n) is 9.67. The van der Waals surface area contributed by atoms with Gasteiger partial charge in [-0.1, -0.05) is 13.8 Å². The molecule has 1 heterocycles. The number of H-pyrrole nitrogens is 1. The Morgan fingerprint density at radius 2 is 2.31 bits per heavy atom. The van der Waals surface area contributed by atoms with E-state index in [2.05, 4.69) is 29.1 Å². The fourth-order valence-corrected chi connectivity index (χ4v) is 1.60. The molecule has 1 aromatic rings. The molecule has 1 atom stereocenters. The van der Waals surface area contributed by atoms with Gasteiger partial charge in [-0.15, -0.1) is 0 Å². The summed E-state index contributed by atoms with van der Waals surface area (Å²) in [6, 6.07) is 0. The lowest BCUT2D eigenvalue weighted by Gasteiger charge is -2.34. The maximum absolute atomic E-state index is 11.4. The van der Waals surface area contributed by atoms with Crippen molar-refractivity contribution in [1.82, 2.24) is 9.97 Å². The van der Waals surface area contributed by atoms with E-state index in [1.807, 2.05) is 29.5 Å². The Morgan fingerprint density at radius 1 is 1.69 bits per heavy atom. The number of rotatable bonds is 4. The van der Waals surface area contributed by atoms with Gasteiger partial charge in [0, 0.05) is 6.54 Å². The van der Waals surface area contributed by atoms with Gasteiger partial charge < -0.3 is 16.0 Å². The topological polar surface area (TPSA) is 83.8 Å². The molecule has 5 nitrogen and oxygen atoms in total. The molecule has 16 heavy (non-hydrogen) atoms. The average Bonchev–Trinajstić information content (AvgIpc) is 2.24. The largest absolute Gasteiger partial charge is 0.362 e. The zero-order chi connectivity index (χ0) is 12.3. The van der Waals surface area contributed by atoms with Crippen LogP contribution in [0, 0.1) is 9.49 Å². The number of hydrogen-bond donors (Lipinski definition) is 3. The number of halogens is 1. The molecule has 0 saturated heterocycles. The average molecular weight is 336 g/mol. The molecule has 0 amide bonds. The summed E-state index contributed by atoms with van der Waals surface area (Å²) >= 11 is 1.98. The molecule has 0 fully saturated rings. The van der Waals surface area contributed by atoms with Gasteiger partial charge in [0.15, 0.2) is 0 Å². The first-order chi connectivity index (χ1) is 7.40. The molecule has 0 aliphatic heterocycles. The summed E-state index contributed by atoms with van der Waals surface area (Å²) in [7, 11) is 0. The van der Waals surface area contributed by atoms with Crippen LogP contribution in [0.2, 0.25) is 0 Å². The second-order valence-electron chi connectivity index (χ2n) is 4.30. The van der Waals surface area contributed by atoms with Crippen molar-refractivity contribution in [2.75, 3.05) is 11.9 Å². The molecule has 0 aromatic carbocycles. The van der Waals surface area contributed by atoms with E-state index in [9.17, 15) is 4.79 Å². The monoisotopic (exact) mass is 336 g/mol. The fraction of sp³-hybridized carbons (Fsp3) is 0.600. The summed E-state index contributed by atoms with van der Waals surface area (Å²) in [6.45, 7) is 6.67. The van der Waals surface area contributed by atoms with Gasteiger partial charge >= 0.3 is 0 Å². The van der Waals surface area contributed by atoms with E-state index in [4.69, 9.17) is 5.73 Å². The van der Waals surface area contributed by atoms with Crippen LogP contribution in [0.4, 0.5) is 5.82 Å². The minimum atomic E-state index is -0.263. The van der Waals surface area contributed by atoms with Crippen molar-refractivity contribution in [3.8, 4) is 0 Å². The van der Waals surface area contributed by atoms with Crippen LogP contribution in [-0.4, -0.2) is 22.1 Å². The summed E-state index contributed by atoms with van der Waals surface area (Å²) < 4.78 is 0.556. The van der Waals surface area contributed by atoms with Gasteiger partial charge in [0.05, 0.1) is 11.9 Å². The Balaban J connectivity index is 3.04. The van der Waals surface area contributed by atoms with Crippen molar-refractivity contribution in [1.29, 1.82) is 0 Å². The third kappa shape index (κ3) is 2.73. The third-order valence-electron chi connectivity index (χ3n) is 2.90. The van der Waals surface area contributed by atoms with Crippen LogP contribution in [0.1, 0.15) is 20.8 Å². The van der Waals surface area contributed by atoms with Crippen LogP contribution in [-0.2, 0) is 0 Å². The van der Waals surface area contributed by atoms with Crippen molar-refractivity contribution in [2.24, 2.45) is 11.7 Å². The molecule has 6 heteroatoms. The molecule has 0 bridgehead atoms. The number of aromatic amines is 1. The summed E-state index contributed by atoms with van der Waals surface area (Å²) in [6.07, 6.45) is 1.39. The number of anilines is 1. The third-order valence-corrected chi connectivity index (χ3v) is 3.90. The van der Waals surface area contributed by atoms with E-state index >= 15 is 0 Å². The second-order valence-corrected chi connectivity index (χ2v) is 5.37. The quantitative estimate of drug-likeness (QED) is 0.721. The van der Waals surface area contributed by atoms with E-state index < -0.39 is 0 Å². The van der Waals surface area contributed by atoms with Gasteiger partial charge in [0.2, 0.25) is 0 Å². The SMILES string of the molecule is CC(C)C(C)(CN)Nc1nc[nH]c(=O)c1I. The van der Waals surface area contributed by atoms with Crippen molar-refractivity contribution in [3.63, 3.8) is 0 Å².